The molecule has 0 aromatic heterocycles. The molecule has 0 fully saturated rings. The first-order valence-corrected chi connectivity index (χ1v) is 13.4. The summed E-state index contributed by atoms with van der Waals surface area (Å²) in [5.41, 5.74) is 7.24. The Hall–Kier alpha value is -4.18. The number of carbonyl (C=O) groups is 4. The molecule has 2 aromatic carbocycles. The van der Waals surface area contributed by atoms with Gasteiger partial charge in [-0.1, -0.05) is 74.0 Å². The highest BCUT2D eigenvalue weighted by Crippen LogP contribution is 2.19. The molecule has 40 heavy (non-hydrogen) atoms. The second-order valence-corrected chi connectivity index (χ2v) is 9.43. The third-order valence-electron chi connectivity index (χ3n) is 6.03. The number of rotatable bonds is 17. The lowest BCUT2D eigenvalue weighted by Crippen LogP contribution is -2.52. The van der Waals surface area contributed by atoms with Gasteiger partial charge in [-0.15, -0.1) is 0 Å². The van der Waals surface area contributed by atoms with Crippen molar-refractivity contribution in [1.82, 2.24) is 20.9 Å². The van der Waals surface area contributed by atoms with Crippen LogP contribution in [0.25, 0.3) is 6.08 Å². The number of benzene rings is 2. The fourth-order valence-electron chi connectivity index (χ4n) is 4.01. The van der Waals surface area contributed by atoms with E-state index < -0.39 is 23.9 Å². The number of para-hydroxylation sites is 1. The van der Waals surface area contributed by atoms with Gasteiger partial charge in [0.25, 0.3) is 0 Å². The highest BCUT2D eigenvalue weighted by molar-refractivity contribution is 5.90. The number of nitrogens with two attached hydrogens (primary N) is 1. The van der Waals surface area contributed by atoms with Crippen LogP contribution in [0.3, 0.4) is 0 Å². The van der Waals surface area contributed by atoms with Gasteiger partial charge in [0.15, 0.2) is 0 Å². The van der Waals surface area contributed by atoms with Gasteiger partial charge < -0.3 is 31.3 Å². The first kappa shape index (κ1) is 32.0. The van der Waals surface area contributed by atoms with Gasteiger partial charge in [0.1, 0.15) is 18.4 Å². The van der Waals surface area contributed by atoms with Gasteiger partial charge in [-0.25, -0.2) is 0 Å². The monoisotopic (exact) mass is 551 g/mol. The number of primary amides is 1. The zero-order valence-electron chi connectivity index (χ0n) is 23.5. The summed E-state index contributed by atoms with van der Waals surface area (Å²) in [6.45, 7) is 4.42. The van der Waals surface area contributed by atoms with Crippen molar-refractivity contribution in [1.29, 1.82) is 0 Å². The lowest BCUT2D eigenvalue weighted by molar-refractivity contribution is -0.137. The maximum absolute atomic E-state index is 13.1. The SMILES string of the molecule is CCC[C@H](NCCOc1ccccc1/C=C/CNC(C)=O)C(=O)N(C)CC(=O)N[C@H](Cc1ccccc1)C(N)=O. The molecule has 2 rings (SSSR count). The number of hydrogen-bond acceptors (Lipinski definition) is 6. The van der Waals surface area contributed by atoms with E-state index >= 15 is 0 Å². The van der Waals surface area contributed by atoms with Crippen LogP contribution in [0, 0.1) is 0 Å². The number of nitrogens with one attached hydrogen (secondary N) is 3. The molecule has 2 aromatic rings. The minimum Gasteiger partial charge on any atom is -0.492 e. The van der Waals surface area contributed by atoms with Gasteiger partial charge in [0.2, 0.25) is 23.6 Å². The van der Waals surface area contributed by atoms with Gasteiger partial charge in [-0.3, -0.25) is 19.2 Å². The molecule has 0 aliphatic rings. The average molecular weight is 552 g/mol. The molecule has 0 heterocycles. The van der Waals surface area contributed by atoms with E-state index in [2.05, 4.69) is 16.0 Å². The van der Waals surface area contributed by atoms with Gasteiger partial charge in [-0.2, -0.15) is 0 Å². The Morgan fingerprint density at radius 2 is 1.73 bits per heavy atom. The quantitative estimate of drug-likeness (QED) is 0.220. The van der Waals surface area contributed by atoms with Crippen LogP contribution in [0.2, 0.25) is 0 Å². The molecule has 0 aliphatic heterocycles. The Labute approximate surface area is 236 Å². The maximum atomic E-state index is 13.1. The predicted octanol–water partition coefficient (Wildman–Crippen LogP) is 1.64. The van der Waals surface area contributed by atoms with Crippen molar-refractivity contribution in [2.24, 2.45) is 5.73 Å². The van der Waals surface area contributed by atoms with Gasteiger partial charge >= 0.3 is 0 Å². The van der Waals surface area contributed by atoms with E-state index in [9.17, 15) is 19.2 Å². The number of ether oxygens (including phenoxy) is 1. The zero-order chi connectivity index (χ0) is 29.3. The Balaban J connectivity index is 1.86. The maximum Gasteiger partial charge on any atom is 0.240 e. The van der Waals surface area contributed by atoms with E-state index in [1.807, 2.05) is 73.7 Å². The van der Waals surface area contributed by atoms with Crippen LogP contribution in [0.1, 0.15) is 37.8 Å². The largest absolute Gasteiger partial charge is 0.492 e. The molecule has 10 nitrogen and oxygen atoms in total. The molecule has 5 N–H and O–H groups in total. The third kappa shape index (κ3) is 11.7. The molecular formula is C30H41N5O5. The molecule has 10 heteroatoms. The highest BCUT2D eigenvalue weighted by Gasteiger charge is 2.24. The van der Waals surface area contributed by atoms with E-state index in [0.29, 0.717) is 31.9 Å². The summed E-state index contributed by atoms with van der Waals surface area (Å²) in [5.74, 6) is -0.730. The normalized spacial score (nSPS) is 12.4. The molecule has 0 aliphatic carbocycles. The molecule has 0 saturated heterocycles. The number of amides is 4. The fraction of sp³-hybridized carbons (Fsp3) is 0.400. The first-order valence-electron chi connectivity index (χ1n) is 13.4. The van der Waals surface area contributed by atoms with Crippen molar-refractivity contribution in [2.45, 2.75) is 45.2 Å². The van der Waals surface area contributed by atoms with Crippen molar-refractivity contribution in [2.75, 3.05) is 33.3 Å². The Morgan fingerprint density at radius 1 is 1.02 bits per heavy atom. The summed E-state index contributed by atoms with van der Waals surface area (Å²) in [6, 6.07) is 15.5. The molecular weight excluding hydrogens is 510 g/mol. The van der Waals surface area contributed by atoms with E-state index in [0.717, 1.165) is 17.5 Å². The average Bonchev–Trinajstić information content (AvgIpc) is 2.93. The van der Waals surface area contributed by atoms with Crippen LogP contribution in [0.15, 0.2) is 60.7 Å². The van der Waals surface area contributed by atoms with Gasteiger partial charge in [-0.05, 0) is 18.1 Å². The minimum absolute atomic E-state index is 0.0966. The molecule has 0 spiro atoms. The molecule has 216 valence electrons. The Kier molecular flexibility index (Phi) is 13.9. The number of carbonyl (C=O) groups excluding carboxylic acids is 4. The van der Waals surface area contributed by atoms with E-state index in [1.54, 1.807) is 7.05 Å². The smallest absolute Gasteiger partial charge is 0.240 e. The summed E-state index contributed by atoms with van der Waals surface area (Å²) < 4.78 is 5.93. The van der Waals surface area contributed by atoms with Crippen LogP contribution in [-0.2, 0) is 25.6 Å². The zero-order valence-corrected chi connectivity index (χ0v) is 23.5. The van der Waals surface area contributed by atoms with E-state index in [-0.39, 0.29) is 24.8 Å². The van der Waals surface area contributed by atoms with E-state index in [4.69, 9.17) is 10.5 Å². The second kappa shape index (κ2) is 17.4. The van der Waals surface area contributed by atoms with Crippen molar-refractivity contribution < 1.29 is 23.9 Å². The lowest BCUT2D eigenvalue weighted by Gasteiger charge is -2.25. The van der Waals surface area contributed by atoms with Crippen molar-refractivity contribution >= 4 is 29.7 Å². The molecule has 4 amide bonds. The standard InChI is InChI=1S/C30H41N5O5/c1-4-11-25(33-18-19-40-27-16-9-8-14-24(27)15-10-17-32-22(2)36)30(39)35(3)21-28(37)34-26(29(31)38)20-23-12-6-5-7-13-23/h5-10,12-16,25-26,33H,4,11,17-21H2,1-3H3,(H2,31,38)(H,32,36)(H,34,37)/b15-10+/t25-,26+/m0/s1. The number of nitrogens with zero attached hydrogens (tertiary/aromatic N) is 1. The van der Waals surface area contributed by atoms with Crippen LogP contribution in [0.4, 0.5) is 0 Å². The van der Waals surface area contributed by atoms with Crippen LogP contribution < -0.4 is 26.4 Å². The second-order valence-electron chi connectivity index (χ2n) is 9.43. The Bertz CT molecular complexity index is 1140. The molecule has 2 atom stereocenters. The summed E-state index contributed by atoms with van der Waals surface area (Å²) >= 11 is 0. The minimum atomic E-state index is -0.872. The van der Waals surface area contributed by atoms with Crippen LogP contribution in [0.5, 0.6) is 5.75 Å². The van der Waals surface area contributed by atoms with Crippen LogP contribution in [-0.4, -0.2) is 73.9 Å². The Morgan fingerprint density at radius 3 is 2.40 bits per heavy atom. The van der Waals surface area contributed by atoms with Gasteiger partial charge in [0.05, 0.1) is 12.6 Å². The van der Waals surface area contributed by atoms with Crippen molar-refractivity contribution in [3.63, 3.8) is 0 Å². The predicted molar refractivity (Wildman–Crippen MR) is 155 cm³/mol. The first-order chi connectivity index (χ1) is 19.2. The van der Waals surface area contributed by atoms with Crippen LogP contribution >= 0.6 is 0 Å². The van der Waals surface area contributed by atoms with Crippen molar-refractivity contribution in [3.05, 3.63) is 71.8 Å². The number of hydrogen-bond donors (Lipinski definition) is 4. The van der Waals surface area contributed by atoms with Crippen molar-refractivity contribution in [3.8, 4) is 5.75 Å². The molecule has 0 bridgehead atoms. The molecule has 0 saturated carbocycles. The number of likely N-dealkylation sites (N-methyl/N-ethyl adjacent to an activating group) is 1. The van der Waals surface area contributed by atoms with E-state index in [1.165, 1.54) is 11.8 Å². The topological polar surface area (TPSA) is 143 Å². The highest BCUT2D eigenvalue weighted by atomic mass is 16.5. The lowest BCUT2D eigenvalue weighted by atomic mass is 10.1. The third-order valence-corrected chi connectivity index (χ3v) is 6.03. The van der Waals surface area contributed by atoms with Gasteiger partial charge in [0, 0.05) is 39.0 Å². The summed E-state index contributed by atoms with van der Waals surface area (Å²) in [6.07, 6.45) is 5.36. The summed E-state index contributed by atoms with van der Waals surface area (Å²) in [5, 5.41) is 8.59. The fourth-order valence-corrected chi connectivity index (χ4v) is 4.01. The summed E-state index contributed by atoms with van der Waals surface area (Å²) in [4.78, 5) is 50.0. The molecule has 0 unspecified atom stereocenters. The summed E-state index contributed by atoms with van der Waals surface area (Å²) in [7, 11) is 1.56. The molecule has 0 radical (unpaired) electrons.